The summed E-state index contributed by atoms with van der Waals surface area (Å²) in [5, 5.41) is 5.06. The van der Waals surface area contributed by atoms with Crippen LogP contribution in [0.4, 0.5) is 4.79 Å². The molecule has 27 heavy (non-hydrogen) atoms. The summed E-state index contributed by atoms with van der Waals surface area (Å²) in [6, 6.07) is 27.7. The van der Waals surface area contributed by atoms with E-state index in [-0.39, 0.29) is 0 Å². The molecule has 0 spiro atoms. The summed E-state index contributed by atoms with van der Waals surface area (Å²) in [5.41, 5.74) is 12.5. The SMILES string of the molecule is NC(=O)N/N=C/c1c(-c2ccccc2)n(-c2ccccc2)c2ccccc12. The topological polar surface area (TPSA) is 72.4 Å². The van der Waals surface area contributed by atoms with Crippen molar-refractivity contribution in [3.05, 3.63) is 90.5 Å². The highest BCUT2D eigenvalue weighted by Gasteiger charge is 2.18. The van der Waals surface area contributed by atoms with Crippen molar-refractivity contribution in [3.8, 4) is 16.9 Å². The van der Waals surface area contributed by atoms with Crippen LogP contribution < -0.4 is 11.2 Å². The van der Waals surface area contributed by atoms with E-state index in [0.717, 1.165) is 33.4 Å². The fraction of sp³-hybridized carbons (Fsp3) is 0. The Balaban J connectivity index is 2.06. The minimum atomic E-state index is -0.695. The lowest BCUT2D eigenvalue weighted by molar-refractivity contribution is 0.249. The maximum Gasteiger partial charge on any atom is 0.332 e. The first kappa shape index (κ1) is 16.6. The molecule has 0 aliphatic carbocycles. The molecule has 132 valence electrons. The molecular formula is C22H18N4O. The van der Waals surface area contributed by atoms with Gasteiger partial charge in [-0.05, 0) is 23.8 Å². The molecule has 1 aromatic heterocycles. The van der Waals surface area contributed by atoms with Gasteiger partial charge in [-0.25, -0.2) is 10.2 Å². The molecule has 3 N–H and O–H groups in total. The van der Waals surface area contributed by atoms with Crippen molar-refractivity contribution in [3.63, 3.8) is 0 Å². The highest BCUT2D eigenvalue weighted by molar-refractivity contribution is 6.07. The number of amides is 2. The quantitative estimate of drug-likeness (QED) is 0.416. The summed E-state index contributed by atoms with van der Waals surface area (Å²) < 4.78 is 2.20. The molecule has 5 heteroatoms. The van der Waals surface area contributed by atoms with Crippen LogP contribution in [0.5, 0.6) is 0 Å². The molecular weight excluding hydrogens is 336 g/mol. The van der Waals surface area contributed by atoms with E-state index in [1.54, 1.807) is 6.21 Å². The van der Waals surface area contributed by atoms with Crippen LogP contribution in [0.1, 0.15) is 5.56 Å². The van der Waals surface area contributed by atoms with Gasteiger partial charge in [0.2, 0.25) is 0 Å². The van der Waals surface area contributed by atoms with E-state index in [1.165, 1.54) is 0 Å². The second-order valence-corrected chi connectivity index (χ2v) is 6.05. The molecule has 0 saturated heterocycles. The van der Waals surface area contributed by atoms with Crippen molar-refractivity contribution in [2.75, 3.05) is 0 Å². The van der Waals surface area contributed by atoms with Crippen molar-refractivity contribution in [1.82, 2.24) is 9.99 Å². The summed E-state index contributed by atoms with van der Waals surface area (Å²) in [7, 11) is 0. The van der Waals surface area contributed by atoms with Crippen molar-refractivity contribution >= 4 is 23.1 Å². The Hall–Kier alpha value is -3.86. The van der Waals surface area contributed by atoms with E-state index >= 15 is 0 Å². The van der Waals surface area contributed by atoms with Gasteiger partial charge in [0.25, 0.3) is 0 Å². The normalized spacial score (nSPS) is 11.1. The Kier molecular flexibility index (Phi) is 4.41. The number of carbonyl (C=O) groups is 1. The third-order valence-electron chi connectivity index (χ3n) is 4.34. The third-order valence-corrected chi connectivity index (χ3v) is 4.34. The van der Waals surface area contributed by atoms with Gasteiger partial charge in [-0.2, -0.15) is 5.10 Å². The standard InChI is InChI=1S/C22H18N4O/c23-22(27)25-24-15-19-18-13-7-8-14-20(18)26(17-11-5-2-6-12-17)21(19)16-9-3-1-4-10-16/h1-15H,(H3,23,25,27)/b24-15+. The van der Waals surface area contributed by atoms with Crippen LogP contribution in [0.25, 0.3) is 27.8 Å². The zero-order valence-corrected chi connectivity index (χ0v) is 14.5. The number of nitrogens with one attached hydrogen (secondary N) is 1. The summed E-state index contributed by atoms with van der Waals surface area (Å²) in [4.78, 5) is 11.0. The van der Waals surface area contributed by atoms with Crippen LogP contribution in [0, 0.1) is 0 Å². The summed E-state index contributed by atoms with van der Waals surface area (Å²) >= 11 is 0. The average molecular weight is 354 g/mol. The van der Waals surface area contributed by atoms with E-state index in [2.05, 4.69) is 45.4 Å². The summed E-state index contributed by atoms with van der Waals surface area (Å²) in [6.45, 7) is 0. The van der Waals surface area contributed by atoms with E-state index in [4.69, 9.17) is 5.73 Å². The molecule has 2 amide bonds. The van der Waals surface area contributed by atoms with Crippen molar-refractivity contribution < 1.29 is 4.79 Å². The number of fused-ring (bicyclic) bond motifs is 1. The van der Waals surface area contributed by atoms with Crippen LogP contribution in [0.2, 0.25) is 0 Å². The number of benzene rings is 3. The maximum absolute atomic E-state index is 11.0. The summed E-state index contributed by atoms with van der Waals surface area (Å²) in [5.74, 6) is 0. The number of urea groups is 1. The number of hydrazone groups is 1. The van der Waals surface area contributed by atoms with Crippen LogP contribution in [0.3, 0.4) is 0 Å². The molecule has 0 unspecified atom stereocenters. The van der Waals surface area contributed by atoms with E-state index in [9.17, 15) is 4.79 Å². The lowest BCUT2D eigenvalue weighted by atomic mass is 10.1. The molecule has 0 aliphatic rings. The van der Waals surface area contributed by atoms with Gasteiger partial charge in [0, 0.05) is 16.6 Å². The lowest BCUT2D eigenvalue weighted by Crippen LogP contribution is -2.24. The zero-order valence-electron chi connectivity index (χ0n) is 14.5. The van der Waals surface area contributed by atoms with E-state index in [1.807, 2.05) is 54.6 Å². The lowest BCUT2D eigenvalue weighted by Gasteiger charge is -2.12. The molecule has 0 saturated carbocycles. The van der Waals surface area contributed by atoms with Crippen LogP contribution >= 0.6 is 0 Å². The van der Waals surface area contributed by atoms with Crippen molar-refractivity contribution in [1.29, 1.82) is 0 Å². The minimum Gasteiger partial charge on any atom is -0.350 e. The maximum atomic E-state index is 11.0. The Morgan fingerprint density at radius 1 is 0.889 bits per heavy atom. The van der Waals surface area contributed by atoms with Gasteiger partial charge in [-0.1, -0.05) is 66.7 Å². The first-order chi connectivity index (χ1) is 13.3. The number of para-hydroxylation sites is 2. The van der Waals surface area contributed by atoms with Gasteiger partial charge in [0.1, 0.15) is 0 Å². The number of aromatic nitrogens is 1. The van der Waals surface area contributed by atoms with E-state index in [0.29, 0.717) is 0 Å². The highest BCUT2D eigenvalue weighted by Crippen LogP contribution is 2.35. The Morgan fingerprint density at radius 3 is 2.22 bits per heavy atom. The number of nitrogens with two attached hydrogens (primary N) is 1. The minimum absolute atomic E-state index is 0.695. The first-order valence-electron chi connectivity index (χ1n) is 8.58. The fourth-order valence-corrected chi connectivity index (χ4v) is 3.28. The van der Waals surface area contributed by atoms with E-state index < -0.39 is 6.03 Å². The van der Waals surface area contributed by atoms with Crippen LogP contribution in [0.15, 0.2) is 90.0 Å². The monoisotopic (exact) mass is 354 g/mol. The number of hydrogen-bond donors (Lipinski definition) is 2. The van der Waals surface area contributed by atoms with Crippen LogP contribution in [-0.4, -0.2) is 16.8 Å². The highest BCUT2D eigenvalue weighted by atomic mass is 16.2. The predicted molar refractivity (Wildman–Crippen MR) is 109 cm³/mol. The molecule has 0 fully saturated rings. The Bertz CT molecular complexity index is 1120. The predicted octanol–water partition coefficient (Wildman–Crippen LogP) is 4.30. The third kappa shape index (κ3) is 3.18. The molecule has 0 aliphatic heterocycles. The van der Waals surface area contributed by atoms with Gasteiger partial charge in [0.15, 0.2) is 0 Å². The second-order valence-electron chi connectivity index (χ2n) is 6.05. The Morgan fingerprint density at radius 2 is 1.52 bits per heavy atom. The molecule has 0 atom stereocenters. The molecule has 4 aromatic rings. The fourth-order valence-electron chi connectivity index (χ4n) is 3.28. The van der Waals surface area contributed by atoms with Gasteiger partial charge >= 0.3 is 6.03 Å². The molecule has 3 aromatic carbocycles. The average Bonchev–Trinajstić information content (AvgIpc) is 3.03. The largest absolute Gasteiger partial charge is 0.350 e. The first-order valence-corrected chi connectivity index (χ1v) is 8.58. The smallest absolute Gasteiger partial charge is 0.332 e. The summed E-state index contributed by atoms with van der Waals surface area (Å²) in [6.07, 6.45) is 1.65. The molecule has 1 heterocycles. The van der Waals surface area contributed by atoms with Crippen LogP contribution in [-0.2, 0) is 0 Å². The van der Waals surface area contributed by atoms with Crippen molar-refractivity contribution in [2.45, 2.75) is 0 Å². The zero-order chi connectivity index (χ0) is 18.6. The van der Waals surface area contributed by atoms with Crippen molar-refractivity contribution in [2.24, 2.45) is 10.8 Å². The molecule has 0 radical (unpaired) electrons. The molecule has 4 rings (SSSR count). The van der Waals surface area contributed by atoms with Gasteiger partial charge in [-0.3, -0.25) is 0 Å². The Labute approximate surface area is 156 Å². The number of hydrogen-bond acceptors (Lipinski definition) is 2. The number of nitrogens with zero attached hydrogens (tertiary/aromatic N) is 2. The van der Waals surface area contributed by atoms with Gasteiger partial charge < -0.3 is 10.3 Å². The number of carbonyl (C=O) groups excluding carboxylic acids is 1. The number of rotatable bonds is 4. The number of primary amides is 1. The van der Waals surface area contributed by atoms with Gasteiger partial charge in [0.05, 0.1) is 17.4 Å². The molecule has 5 nitrogen and oxygen atoms in total. The second kappa shape index (κ2) is 7.17. The molecule has 0 bridgehead atoms. The van der Waals surface area contributed by atoms with Gasteiger partial charge in [-0.15, -0.1) is 0 Å².